The Hall–Kier alpha value is -3.31. The lowest BCUT2D eigenvalue weighted by Crippen LogP contribution is -2.40. The fourth-order valence-electron chi connectivity index (χ4n) is 4.62. The first-order valence-corrected chi connectivity index (χ1v) is 10.3. The van der Waals surface area contributed by atoms with Crippen LogP contribution in [0.15, 0.2) is 66.7 Å². The molecule has 2 aliphatic heterocycles. The van der Waals surface area contributed by atoms with Crippen molar-refractivity contribution < 1.29 is 14.3 Å². The van der Waals surface area contributed by atoms with Crippen LogP contribution in [0.2, 0.25) is 0 Å². The standard InChI is InChI=1S/C25H24N2O3/c1-4-27(5-2)26(3)17-14-15-23-21(16-17)25(20-12-8-9-13-22(20)29-23)19-11-7-6-10-18(19)24(28)30-25/h6-16H,4-5H2,1-3H3. The molecule has 0 aromatic heterocycles. The highest BCUT2D eigenvalue weighted by Crippen LogP contribution is 2.56. The van der Waals surface area contributed by atoms with E-state index in [1.54, 1.807) is 0 Å². The second kappa shape index (κ2) is 6.89. The quantitative estimate of drug-likeness (QED) is 0.458. The number of fused-ring (bicyclic) bond motifs is 6. The van der Waals surface area contributed by atoms with Gasteiger partial charge in [-0.15, -0.1) is 0 Å². The summed E-state index contributed by atoms with van der Waals surface area (Å²) < 4.78 is 12.4. The number of rotatable bonds is 4. The summed E-state index contributed by atoms with van der Waals surface area (Å²) in [7, 11) is 2.05. The molecule has 2 heterocycles. The predicted octanol–water partition coefficient (Wildman–Crippen LogP) is 4.95. The average Bonchev–Trinajstić information content (AvgIpc) is 3.08. The summed E-state index contributed by atoms with van der Waals surface area (Å²) in [6.45, 7) is 6.06. The van der Waals surface area contributed by atoms with Gasteiger partial charge < -0.3 is 14.5 Å². The maximum Gasteiger partial charge on any atom is 0.340 e. The third-order valence-electron chi connectivity index (χ3n) is 6.13. The lowest BCUT2D eigenvalue weighted by molar-refractivity contribution is 0.0224. The molecule has 5 heteroatoms. The van der Waals surface area contributed by atoms with Crippen molar-refractivity contribution in [3.05, 3.63) is 89.0 Å². The van der Waals surface area contributed by atoms with E-state index in [0.717, 1.165) is 35.5 Å². The lowest BCUT2D eigenvalue weighted by atomic mass is 9.77. The second-order valence-corrected chi connectivity index (χ2v) is 7.56. The Bertz CT molecular complexity index is 1140. The van der Waals surface area contributed by atoms with E-state index in [2.05, 4.69) is 29.9 Å². The summed E-state index contributed by atoms with van der Waals surface area (Å²) >= 11 is 0. The molecular weight excluding hydrogens is 376 g/mol. The number of anilines is 1. The minimum Gasteiger partial charge on any atom is -0.456 e. The number of esters is 1. The second-order valence-electron chi connectivity index (χ2n) is 7.56. The Morgan fingerprint density at radius 3 is 2.27 bits per heavy atom. The molecule has 0 amide bonds. The first kappa shape index (κ1) is 18.7. The van der Waals surface area contributed by atoms with Crippen molar-refractivity contribution in [2.45, 2.75) is 19.4 Å². The smallest absolute Gasteiger partial charge is 0.340 e. The van der Waals surface area contributed by atoms with Gasteiger partial charge in [-0.05, 0) is 30.3 Å². The van der Waals surface area contributed by atoms with Crippen molar-refractivity contribution in [1.82, 2.24) is 5.01 Å². The molecule has 0 fully saturated rings. The van der Waals surface area contributed by atoms with Crippen LogP contribution in [-0.4, -0.2) is 31.1 Å². The van der Waals surface area contributed by atoms with Gasteiger partial charge in [0.25, 0.3) is 0 Å². The molecule has 5 nitrogen and oxygen atoms in total. The summed E-state index contributed by atoms with van der Waals surface area (Å²) in [6, 6.07) is 21.5. The number of carbonyl (C=O) groups excluding carboxylic acids is 1. The number of para-hydroxylation sites is 1. The van der Waals surface area contributed by atoms with Gasteiger partial charge in [-0.3, -0.25) is 0 Å². The number of carbonyl (C=O) groups is 1. The van der Waals surface area contributed by atoms with Gasteiger partial charge in [-0.1, -0.05) is 50.2 Å². The summed E-state index contributed by atoms with van der Waals surface area (Å²) in [4.78, 5) is 12.9. The van der Waals surface area contributed by atoms with Crippen molar-refractivity contribution in [2.24, 2.45) is 0 Å². The minimum atomic E-state index is -1.02. The van der Waals surface area contributed by atoms with Crippen molar-refractivity contribution in [2.75, 3.05) is 25.1 Å². The molecule has 152 valence electrons. The molecule has 3 aromatic rings. The molecule has 1 spiro atoms. The van der Waals surface area contributed by atoms with E-state index in [0.29, 0.717) is 17.1 Å². The van der Waals surface area contributed by atoms with Crippen LogP contribution in [0.5, 0.6) is 11.5 Å². The summed E-state index contributed by atoms with van der Waals surface area (Å²) in [5, 5.41) is 4.37. The third kappa shape index (κ3) is 2.48. The van der Waals surface area contributed by atoms with E-state index >= 15 is 0 Å². The SMILES string of the molecule is CCN(CC)N(C)c1ccc2c(c1)C1(OC(=O)c3ccccc31)c1ccccc1O2. The Morgan fingerprint density at radius 2 is 1.50 bits per heavy atom. The predicted molar refractivity (Wildman–Crippen MR) is 116 cm³/mol. The van der Waals surface area contributed by atoms with E-state index in [1.807, 2.05) is 67.7 Å². The first-order valence-electron chi connectivity index (χ1n) is 10.3. The first-order chi connectivity index (χ1) is 14.6. The largest absolute Gasteiger partial charge is 0.456 e. The van der Waals surface area contributed by atoms with Crippen molar-refractivity contribution in [3.63, 3.8) is 0 Å². The van der Waals surface area contributed by atoms with Crippen LogP contribution in [0, 0.1) is 0 Å². The van der Waals surface area contributed by atoms with Crippen LogP contribution in [0.1, 0.15) is 40.9 Å². The van der Waals surface area contributed by atoms with Crippen LogP contribution in [0.3, 0.4) is 0 Å². The van der Waals surface area contributed by atoms with Gasteiger partial charge in [-0.25, -0.2) is 9.80 Å². The molecule has 0 saturated heterocycles. The van der Waals surface area contributed by atoms with Gasteiger partial charge in [-0.2, -0.15) is 0 Å². The monoisotopic (exact) mass is 400 g/mol. The third-order valence-corrected chi connectivity index (χ3v) is 6.13. The Morgan fingerprint density at radius 1 is 0.833 bits per heavy atom. The van der Waals surface area contributed by atoms with Crippen molar-refractivity contribution >= 4 is 11.7 Å². The number of hydrogen-bond acceptors (Lipinski definition) is 5. The number of hydrogen-bond donors (Lipinski definition) is 0. The average molecular weight is 400 g/mol. The molecule has 5 rings (SSSR count). The highest BCUT2D eigenvalue weighted by atomic mass is 16.6. The van der Waals surface area contributed by atoms with E-state index in [1.165, 1.54) is 0 Å². The molecule has 0 saturated carbocycles. The molecule has 0 aliphatic carbocycles. The molecule has 3 aromatic carbocycles. The number of hydrazine groups is 1. The molecule has 1 atom stereocenters. The molecule has 30 heavy (non-hydrogen) atoms. The fourth-order valence-corrected chi connectivity index (χ4v) is 4.62. The van der Waals surface area contributed by atoms with Gasteiger partial charge in [0.05, 0.1) is 11.3 Å². The van der Waals surface area contributed by atoms with Crippen LogP contribution in [0.25, 0.3) is 0 Å². The molecule has 2 aliphatic rings. The van der Waals surface area contributed by atoms with Crippen LogP contribution in [-0.2, 0) is 10.3 Å². The van der Waals surface area contributed by atoms with E-state index in [9.17, 15) is 4.79 Å². The highest BCUT2D eigenvalue weighted by Gasteiger charge is 2.53. The number of ether oxygens (including phenoxy) is 2. The van der Waals surface area contributed by atoms with Crippen LogP contribution in [0.4, 0.5) is 5.69 Å². The van der Waals surface area contributed by atoms with E-state index in [-0.39, 0.29) is 5.97 Å². The van der Waals surface area contributed by atoms with E-state index in [4.69, 9.17) is 9.47 Å². The molecule has 0 N–H and O–H groups in total. The molecule has 1 unspecified atom stereocenters. The van der Waals surface area contributed by atoms with Gasteiger partial charge in [0.15, 0.2) is 5.60 Å². The topological polar surface area (TPSA) is 42.0 Å². The summed E-state index contributed by atoms with van der Waals surface area (Å²) in [5.74, 6) is 1.10. The summed E-state index contributed by atoms with van der Waals surface area (Å²) in [5.41, 5.74) is 3.14. The maximum absolute atomic E-state index is 12.9. The summed E-state index contributed by atoms with van der Waals surface area (Å²) in [6.07, 6.45) is 0. The fraction of sp³-hybridized carbons (Fsp3) is 0.240. The lowest BCUT2D eigenvalue weighted by Gasteiger charge is -2.38. The molecule has 0 radical (unpaired) electrons. The molecule has 0 bridgehead atoms. The maximum atomic E-state index is 12.9. The van der Waals surface area contributed by atoms with Gasteiger partial charge in [0.1, 0.15) is 11.5 Å². The van der Waals surface area contributed by atoms with Gasteiger partial charge in [0.2, 0.25) is 0 Å². The van der Waals surface area contributed by atoms with Crippen molar-refractivity contribution in [1.29, 1.82) is 0 Å². The Kier molecular flexibility index (Phi) is 4.29. The van der Waals surface area contributed by atoms with Crippen LogP contribution < -0.4 is 9.75 Å². The zero-order valence-corrected chi connectivity index (χ0v) is 17.4. The van der Waals surface area contributed by atoms with Gasteiger partial charge in [0, 0.05) is 36.8 Å². The molecular formula is C25H24N2O3. The van der Waals surface area contributed by atoms with Crippen LogP contribution >= 0.6 is 0 Å². The Labute approximate surface area is 176 Å². The highest BCUT2D eigenvalue weighted by molar-refractivity contribution is 5.97. The number of nitrogens with zero attached hydrogens (tertiary/aromatic N) is 2. The number of benzene rings is 3. The van der Waals surface area contributed by atoms with Crippen molar-refractivity contribution in [3.8, 4) is 11.5 Å². The Balaban J connectivity index is 1.77. The zero-order chi connectivity index (χ0) is 20.9. The zero-order valence-electron chi connectivity index (χ0n) is 17.4. The van der Waals surface area contributed by atoms with Gasteiger partial charge >= 0.3 is 5.97 Å². The normalized spacial score (nSPS) is 18.5. The van der Waals surface area contributed by atoms with E-state index < -0.39 is 5.60 Å². The minimum absolute atomic E-state index is 0.309.